The zero-order valence-corrected chi connectivity index (χ0v) is 13.4. The molecule has 1 rings (SSSR count). The third-order valence-corrected chi connectivity index (χ3v) is 4.61. The van der Waals surface area contributed by atoms with Crippen LogP contribution >= 0.6 is 12.4 Å². The molecule has 19 heavy (non-hydrogen) atoms. The third kappa shape index (κ3) is 7.43. The quantitative estimate of drug-likeness (QED) is 0.628. The Morgan fingerprint density at radius 1 is 1.32 bits per heavy atom. The Bertz CT molecular complexity index is 327. The minimum atomic E-state index is -3.30. The van der Waals surface area contributed by atoms with E-state index in [-0.39, 0.29) is 12.4 Å². The molecule has 0 amide bonds. The lowest BCUT2D eigenvalue weighted by molar-refractivity contribution is 0.199. The first-order chi connectivity index (χ1) is 8.56. The first-order valence-corrected chi connectivity index (χ1v) is 7.94. The van der Waals surface area contributed by atoms with Crippen LogP contribution in [-0.2, 0) is 14.9 Å². The molecule has 1 fully saturated rings. The van der Waals surface area contributed by atoms with E-state index >= 15 is 0 Å². The van der Waals surface area contributed by atoms with Crippen LogP contribution in [0.5, 0.6) is 0 Å². The number of halogens is 1. The molecule has 1 heterocycles. The topological polar surface area (TPSA) is 70.7 Å². The van der Waals surface area contributed by atoms with Crippen LogP contribution in [0.2, 0.25) is 0 Å². The van der Waals surface area contributed by atoms with Crippen molar-refractivity contribution in [1.82, 2.24) is 14.3 Å². The number of rotatable bonds is 8. The monoisotopic (exact) mass is 315 g/mol. The van der Waals surface area contributed by atoms with Gasteiger partial charge in [0.15, 0.2) is 0 Å². The maximum atomic E-state index is 12.0. The molecular weight excluding hydrogens is 290 g/mol. The average molecular weight is 316 g/mol. The SMILES string of the molecule is COCCNCCNS(=O)(=O)N1CCCC(C)C1.Cl. The van der Waals surface area contributed by atoms with Crippen molar-refractivity contribution in [3.8, 4) is 0 Å². The lowest BCUT2D eigenvalue weighted by Gasteiger charge is -2.29. The fourth-order valence-electron chi connectivity index (χ4n) is 2.02. The molecule has 0 bridgehead atoms. The summed E-state index contributed by atoms with van der Waals surface area (Å²) < 4.78 is 33.0. The molecule has 1 aliphatic heterocycles. The molecule has 0 radical (unpaired) electrons. The summed E-state index contributed by atoms with van der Waals surface area (Å²) in [5.41, 5.74) is 0. The molecule has 0 aliphatic carbocycles. The smallest absolute Gasteiger partial charge is 0.279 e. The van der Waals surface area contributed by atoms with E-state index in [1.807, 2.05) is 0 Å². The maximum Gasteiger partial charge on any atom is 0.279 e. The minimum Gasteiger partial charge on any atom is -0.383 e. The van der Waals surface area contributed by atoms with E-state index in [1.54, 1.807) is 11.4 Å². The fourth-order valence-corrected chi connectivity index (χ4v) is 3.39. The zero-order chi connectivity index (χ0) is 13.4. The summed E-state index contributed by atoms with van der Waals surface area (Å²) in [6.45, 7) is 5.76. The Balaban J connectivity index is 0.00000324. The van der Waals surface area contributed by atoms with Crippen molar-refractivity contribution < 1.29 is 13.2 Å². The van der Waals surface area contributed by atoms with Crippen LogP contribution in [0.4, 0.5) is 0 Å². The molecule has 1 atom stereocenters. The number of piperidine rings is 1. The molecule has 1 aliphatic rings. The second-order valence-electron chi connectivity index (χ2n) is 4.75. The van der Waals surface area contributed by atoms with E-state index in [4.69, 9.17) is 4.74 Å². The van der Waals surface area contributed by atoms with Gasteiger partial charge in [-0.2, -0.15) is 12.7 Å². The Kier molecular flexibility index (Phi) is 9.94. The second kappa shape index (κ2) is 9.90. The molecule has 0 aromatic carbocycles. The van der Waals surface area contributed by atoms with Gasteiger partial charge in [0, 0.05) is 39.8 Å². The minimum absolute atomic E-state index is 0. The Morgan fingerprint density at radius 3 is 2.68 bits per heavy atom. The summed E-state index contributed by atoms with van der Waals surface area (Å²) in [4.78, 5) is 0. The van der Waals surface area contributed by atoms with Crippen LogP contribution < -0.4 is 10.0 Å². The van der Waals surface area contributed by atoms with Crippen LogP contribution in [0.3, 0.4) is 0 Å². The number of hydrogen-bond donors (Lipinski definition) is 2. The van der Waals surface area contributed by atoms with Gasteiger partial charge >= 0.3 is 0 Å². The Hall–Kier alpha value is 0.0800. The second-order valence-corrected chi connectivity index (χ2v) is 6.50. The first-order valence-electron chi connectivity index (χ1n) is 6.50. The molecule has 8 heteroatoms. The van der Waals surface area contributed by atoms with Crippen LogP contribution in [0, 0.1) is 5.92 Å². The zero-order valence-electron chi connectivity index (χ0n) is 11.7. The average Bonchev–Trinajstić information content (AvgIpc) is 2.33. The third-order valence-electron chi connectivity index (χ3n) is 3.03. The summed E-state index contributed by atoms with van der Waals surface area (Å²) in [7, 11) is -1.66. The van der Waals surface area contributed by atoms with Crippen molar-refractivity contribution >= 4 is 22.6 Å². The molecule has 0 aromatic heterocycles. The van der Waals surface area contributed by atoms with E-state index in [2.05, 4.69) is 17.0 Å². The lowest BCUT2D eigenvalue weighted by atomic mass is 10.0. The number of hydrogen-bond acceptors (Lipinski definition) is 4. The van der Waals surface area contributed by atoms with E-state index in [1.165, 1.54) is 0 Å². The maximum absolute atomic E-state index is 12.0. The van der Waals surface area contributed by atoms with Crippen molar-refractivity contribution in [2.24, 2.45) is 5.92 Å². The van der Waals surface area contributed by atoms with E-state index in [9.17, 15) is 8.42 Å². The van der Waals surface area contributed by atoms with Crippen molar-refractivity contribution in [1.29, 1.82) is 0 Å². The van der Waals surface area contributed by atoms with Gasteiger partial charge < -0.3 is 10.1 Å². The highest BCUT2D eigenvalue weighted by Gasteiger charge is 2.26. The number of methoxy groups -OCH3 is 1. The summed E-state index contributed by atoms with van der Waals surface area (Å²) >= 11 is 0. The number of nitrogens with one attached hydrogen (secondary N) is 2. The normalized spacial score (nSPS) is 21.1. The van der Waals surface area contributed by atoms with Gasteiger partial charge in [-0.1, -0.05) is 6.92 Å². The molecule has 0 spiro atoms. The van der Waals surface area contributed by atoms with Crippen molar-refractivity contribution in [3.63, 3.8) is 0 Å². The van der Waals surface area contributed by atoms with Gasteiger partial charge in [0.2, 0.25) is 0 Å². The summed E-state index contributed by atoms with van der Waals surface area (Å²) in [5.74, 6) is 0.454. The van der Waals surface area contributed by atoms with Gasteiger partial charge in [0.25, 0.3) is 10.2 Å². The van der Waals surface area contributed by atoms with Gasteiger partial charge in [-0.25, -0.2) is 4.72 Å². The van der Waals surface area contributed by atoms with Gasteiger partial charge in [-0.05, 0) is 18.8 Å². The van der Waals surface area contributed by atoms with Gasteiger partial charge in [0.05, 0.1) is 6.61 Å². The standard InChI is InChI=1S/C11H25N3O3S.ClH/c1-11-4-3-8-14(10-11)18(15,16)13-6-5-12-7-9-17-2;/h11-13H,3-10H2,1-2H3;1H. The van der Waals surface area contributed by atoms with Crippen LogP contribution in [-0.4, -0.2) is 59.2 Å². The highest BCUT2D eigenvalue weighted by atomic mass is 35.5. The number of nitrogens with zero attached hydrogens (tertiary/aromatic N) is 1. The van der Waals surface area contributed by atoms with Crippen molar-refractivity contribution in [2.75, 3.05) is 46.4 Å². The van der Waals surface area contributed by atoms with E-state index < -0.39 is 10.2 Å². The van der Waals surface area contributed by atoms with Gasteiger partial charge in [-0.15, -0.1) is 12.4 Å². The highest BCUT2D eigenvalue weighted by molar-refractivity contribution is 7.87. The Morgan fingerprint density at radius 2 is 2.05 bits per heavy atom. The van der Waals surface area contributed by atoms with Crippen molar-refractivity contribution in [3.05, 3.63) is 0 Å². The molecular formula is C11H26ClN3O3S. The molecule has 0 aromatic rings. The first kappa shape index (κ1) is 19.1. The predicted octanol–water partition coefficient (Wildman–Crippen LogP) is 0.211. The molecule has 2 N–H and O–H groups in total. The van der Waals surface area contributed by atoms with Crippen LogP contribution in [0.15, 0.2) is 0 Å². The molecule has 1 saturated heterocycles. The van der Waals surface area contributed by atoms with Gasteiger partial charge in [0.1, 0.15) is 0 Å². The summed E-state index contributed by atoms with van der Waals surface area (Å²) in [6.07, 6.45) is 2.07. The fraction of sp³-hybridized carbons (Fsp3) is 1.00. The largest absolute Gasteiger partial charge is 0.383 e. The predicted molar refractivity (Wildman–Crippen MR) is 78.9 cm³/mol. The molecule has 6 nitrogen and oxygen atoms in total. The van der Waals surface area contributed by atoms with Crippen LogP contribution in [0.1, 0.15) is 19.8 Å². The van der Waals surface area contributed by atoms with Crippen molar-refractivity contribution in [2.45, 2.75) is 19.8 Å². The van der Waals surface area contributed by atoms with E-state index in [0.717, 1.165) is 19.4 Å². The molecule has 0 saturated carbocycles. The molecule has 116 valence electrons. The summed E-state index contributed by atoms with van der Waals surface area (Å²) in [5, 5.41) is 3.10. The summed E-state index contributed by atoms with van der Waals surface area (Å²) in [6, 6.07) is 0. The van der Waals surface area contributed by atoms with Crippen LogP contribution in [0.25, 0.3) is 0 Å². The molecule has 1 unspecified atom stereocenters. The van der Waals surface area contributed by atoms with E-state index in [0.29, 0.717) is 38.7 Å². The Labute approximate surface area is 122 Å². The highest BCUT2D eigenvalue weighted by Crippen LogP contribution is 2.17. The lowest BCUT2D eigenvalue weighted by Crippen LogP contribution is -2.47. The number of ether oxygens (including phenoxy) is 1. The van der Waals surface area contributed by atoms with Gasteiger partial charge in [-0.3, -0.25) is 0 Å².